The minimum Gasteiger partial charge on any atom is -0.507 e. The van der Waals surface area contributed by atoms with Crippen molar-refractivity contribution in [3.63, 3.8) is 0 Å². The van der Waals surface area contributed by atoms with E-state index in [1.54, 1.807) is 52.0 Å². The van der Waals surface area contributed by atoms with Gasteiger partial charge in [-0.2, -0.15) is 0 Å². The van der Waals surface area contributed by atoms with Gasteiger partial charge in [-0.15, -0.1) is 0 Å². The minimum absolute atomic E-state index is 0.0573. The summed E-state index contributed by atoms with van der Waals surface area (Å²) >= 11 is 0. The van der Waals surface area contributed by atoms with E-state index in [0.29, 0.717) is 23.1 Å². The summed E-state index contributed by atoms with van der Waals surface area (Å²) in [5, 5.41) is 15.2. The quantitative estimate of drug-likeness (QED) is 0.403. The van der Waals surface area contributed by atoms with Gasteiger partial charge in [0.2, 0.25) is 11.8 Å². The molecule has 0 unspecified atom stereocenters. The summed E-state index contributed by atoms with van der Waals surface area (Å²) in [4.78, 5) is 78.8. The molecule has 212 valence electrons. The highest BCUT2D eigenvalue weighted by atomic mass is 16.3. The maximum absolute atomic E-state index is 13.9. The molecule has 0 spiro atoms. The number of phenols is 1. The van der Waals surface area contributed by atoms with Crippen LogP contribution in [0.25, 0.3) is 0 Å². The van der Waals surface area contributed by atoms with Crippen LogP contribution < -0.4 is 20.4 Å². The van der Waals surface area contributed by atoms with Crippen LogP contribution in [0.15, 0.2) is 36.4 Å². The Morgan fingerprint density at radius 1 is 1.07 bits per heavy atom. The normalized spacial score (nSPS) is 15.7. The topological polar surface area (TPSA) is 153 Å². The second-order valence-corrected chi connectivity index (χ2v) is 10.2. The molecule has 0 saturated carbocycles. The van der Waals surface area contributed by atoms with Gasteiger partial charge >= 0.3 is 0 Å². The Labute approximate surface area is 232 Å². The number of nitrogens with one attached hydrogen (secondary N) is 2. The van der Waals surface area contributed by atoms with Crippen LogP contribution in [-0.4, -0.2) is 66.0 Å². The van der Waals surface area contributed by atoms with Crippen molar-refractivity contribution in [2.45, 2.75) is 53.1 Å². The van der Waals surface area contributed by atoms with E-state index >= 15 is 0 Å². The summed E-state index contributed by atoms with van der Waals surface area (Å²) in [6, 6.07) is 7.27. The number of aromatic hydroxyl groups is 1. The van der Waals surface area contributed by atoms with E-state index in [2.05, 4.69) is 10.6 Å². The maximum Gasteiger partial charge on any atom is 0.252 e. The van der Waals surface area contributed by atoms with Gasteiger partial charge in [-0.1, -0.05) is 26.0 Å². The molecule has 0 aliphatic carbocycles. The van der Waals surface area contributed by atoms with Crippen molar-refractivity contribution in [1.82, 2.24) is 10.6 Å². The van der Waals surface area contributed by atoms with Crippen LogP contribution in [0.3, 0.4) is 0 Å². The SMILES string of the molecule is CC(=O)C[C@@H](C=O)NC(=O)CN1C(=O)[C@@H](NC(=O)c2cc(C)c(O)c(C)c2)CN(C(=O)C(C)C)c2ccccc21. The number of aldehydes is 1. The fraction of sp³-hybridized carbons (Fsp3) is 0.379. The molecule has 2 aromatic carbocycles. The van der Waals surface area contributed by atoms with E-state index in [4.69, 9.17) is 0 Å². The Morgan fingerprint density at radius 2 is 1.68 bits per heavy atom. The van der Waals surface area contributed by atoms with E-state index in [9.17, 15) is 33.9 Å². The number of hydrogen-bond acceptors (Lipinski definition) is 7. The number of nitrogens with zero attached hydrogens (tertiary/aromatic N) is 2. The summed E-state index contributed by atoms with van der Waals surface area (Å²) < 4.78 is 0. The van der Waals surface area contributed by atoms with Crippen LogP contribution in [0.2, 0.25) is 0 Å². The van der Waals surface area contributed by atoms with E-state index < -0.39 is 42.3 Å². The van der Waals surface area contributed by atoms with Crippen LogP contribution in [-0.2, 0) is 24.0 Å². The standard InChI is InChI=1S/C29H34N4O7/c1-16(2)28(39)32-13-22(31-27(38)20-10-17(3)26(37)18(4)11-20)29(40)33(24-9-7-6-8-23(24)32)14-25(36)30-21(15-34)12-19(5)35/h6-11,15-16,21-22,37H,12-14H2,1-5H3,(H,30,36)(H,31,38)/t21-,22-/m0/s1. The number of anilines is 2. The van der Waals surface area contributed by atoms with Crippen LogP contribution >= 0.6 is 0 Å². The molecule has 11 heteroatoms. The molecule has 11 nitrogen and oxygen atoms in total. The molecular weight excluding hydrogens is 516 g/mol. The zero-order valence-electron chi connectivity index (χ0n) is 23.2. The van der Waals surface area contributed by atoms with Crippen LogP contribution in [0.1, 0.15) is 48.7 Å². The number of phenolic OH excluding ortho intramolecular Hbond substituents is 1. The Balaban J connectivity index is 2.01. The Morgan fingerprint density at radius 3 is 2.23 bits per heavy atom. The van der Waals surface area contributed by atoms with Crippen molar-refractivity contribution >= 4 is 47.1 Å². The third-order valence-corrected chi connectivity index (χ3v) is 6.53. The van der Waals surface area contributed by atoms with Crippen LogP contribution in [0.5, 0.6) is 5.75 Å². The number of aryl methyl sites for hydroxylation is 2. The Kier molecular flexibility index (Phi) is 9.41. The molecule has 2 atom stereocenters. The first kappa shape index (κ1) is 30.0. The molecule has 0 radical (unpaired) electrons. The summed E-state index contributed by atoms with van der Waals surface area (Å²) in [5.41, 5.74) is 1.83. The number of amides is 4. The highest BCUT2D eigenvalue weighted by Crippen LogP contribution is 2.34. The molecule has 0 fully saturated rings. The van der Waals surface area contributed by atoms with Gasteiger partial charge in [0.1, 0.15) is 30.4 Å². The second kappa shape index (κ2) is 12.5. The molecule has 3 N–H and O–H groups in total. The van der Waals surface area contributed by atoms with Gasteiger partial charge in [-0.05, 0) is 56.2 Å². The number of Topliss-reactive ketones (excluding diaryl/α,β-unsaturated/α-hetero) is 1. The summed E-state index contributed by atoms with van der Waals surface area (Å²) in [7, 11) is 0. The van der Waals surface area contributed by atoms with Gasteiger partial charge in [0, 0.05) is 17.9 Å². The van der Waals surface area contributed by atoms with Gasteiger partial charge in [0.05, 0.1) is 24.0 Å². The van der Waals surface area contributed by atoms with Crippen LogP contribution in [0.4, 0.5) is 11.4 Å². The number of para-hydroxylation sites is 2. The average molecular weight is 551 g/mol. The van der Waals surface area contributed by atoms with Gasteiger partial charge in [-0.25, -0.2) is 0 Å². The molecule has 0 saturated heterocycles. The third kappa shape index (κ3) is 6.71. The molecule has 0 aromatic heterocycles. The first-order chi connectivity index (χ1) is 18.8. The largest absolute Gasteiger partial charge is 0.507 e. The number of ketones is 1. The van der Waals surface area contributed by atoms with Gasteiger partial charge in [0.15, 0.2) is 0 Å². The van der Waals surface area contributed by atoms with Gasteiger partial charge in [-0.3, -0.25) is 28.9 Å². The Hall–Kier alpha value is -4.54. The van der Waals surface area contributed by atoms with Crippen LogP contribution in [0, 0.1) is 19.8 Å². The average Bonchev–Trinajstić information content (AvgIpc) is 3.00. The minimum atomic E-state index is -1.23. The molecule has 1 aliphatic heterocycles. The molecule has 2 aromatic rings. The smallest absolute Gasteiger partial charge is 0.252 e. The predicted octanol–water partition coefficient (Wildman–Crippen LogP) is 1.81. The Bertz CT molecular complexity index is 1330. The fourth-order valence-corrected chi connectivity index (χ4v) is 4.54. The molecule has 1 heterocycles. The second-order valence-electron chi connectivity index (χ2n) is 10.2. The number of fused-ring (bicyclic) bond motifs is 1. The molecule has 3 rings (SSSR count). The van der Waals surface area contributed by atoms with E-state index in [0.717, 1.165) is 4.90 Å². The predicted molar refractivity (Wildman–Crippen MR) is 148 cm³/mol. The van der Waals surface area contributed by atoms with E-state index in [1.165, 1.54) is 24.0 Å². The van der Waals surface area contributed by atoms with Crippen molar-refractivity contribution in [1.29, 1.82) is 0 Å². The zero-order valence-corrected chi connectivity index (χ0v) is 23.2. The first-order valence-electron chi connectivity index (χ1n) is 12.9. The lowest BCUT2D eigenvalue weighted by Crippen LogP contribution is -2.55. The highest BCUT2D eigenvalue weighted by molar-refractivity contribution is 6.11. The van der Waals surface area contributed by atoms with Crippen molar-refractivity contribution in [3.05, 3.63) is 53.1 Å². The fourth-order valence-electron chi connectivity index (χ4n) is 4.54. The molecule has 1 aliphatic rings. The lowest BCUT2D eigenvalue weighted by atomic mass is 10.0. The number of rotatable bonds is 9. The molecule has 0 bridgehead atoms. The first-order valence-corrected chi connectivity index (χ1v) is 12.9. The number of benzene rings is 2. The van der Waals surface area contributed by atoms with Gasteiger partial charge < -0.3 is 25.4 Å². The monoisotopic (exact) mass is 550 g/mol. The van der Waals surface area contributed by atoms with Crippen molar-refractivity contribution in [2.24, 2.45) is 5.92 Å². The lowest BCUT2D eigenvalue weighted by Gasteiger charge is -2.26. The molecule has 40 heavy (non-hydrogen) atoms. The summed E-state index contributed by atoms with van der Waals surface area (Å²) in [6.07, 6.45) is 0.256. The van der Waals surface area contributed by atoms with E-state index in [-0.39, 0.29) is 41.7 Å². The van der Waals surface area contributed by atoms with Crippen molar-refractivity contribution in [3.8, 4) is 5.75 Å². The number of carbonyl (C=O) groups is 6. The zero-order chi connectivity index (χ0) is 29.7. The lowest BCUT2D eigenvalue weighted by molar-refractivity contribution is -0.127. The van der Waals surface area contributed by atoms with Gasteiger partial charge in [0.25, 0.3) is 11.8 Å². The maximum atomic E-state index is 13.9. The summed E-state index contributed by atoms with van der Waals surface area (Å²) in [5.74, 6) is -2.89. The third-order valence-electron chi connectivity index (χ3n) is 6.53. The van der Waals surface area contributed by atoms with Crippen molar-refractivity contribution in [2.75, 3.05) is 22.9 Å². The highest BCUT2D eigenvalue weighted by Gasteiger charge is 2.38. The number of carbonyl (C=O) groups excluding carboxylic acids is 6. The van der Waals surface area contributed by atoms with E-state index in [1.807, 2.05) is 0 Å². The molecular formula is C29H34N4O7. The number of hydrogen-bond donors (Lipinski definition) is 3. The summed E-state index contributed by atoms with van der Waals surface area (Å²) in [6.45, 7) is 7.31. The molecule has 4 amide bonds. The van der Waals surface area contributed by atoms with Crippen molar-refractivity contribution < 1.29 is 33.9 Å².